The Morgan fingerprint density at radius 1 is 1.29 bits per heavy atom. The molecule has 0 spiro atoms. The van der Waals surface area contributed by atoms with E-state index in [4.69, 9.17) is 11.6 Å². The smallest absolute Gasteiger partial charge is 0.456 e. The Bertz CT molecular complexity index is 575. The highest BCUT2D eigenvalue weighted by molar-refractivity contribution is 6.30. The van der Waals surface area contributed by atoms with Gasteiger partial charge in [0.2, 0.25) is 0 Å². The van der Waals surface area contributed by atoms with Gasteiger partial charge in [-0.25, -0.2) is 4.79 Å². The lowest BCUT2D eigenvalue weighted by Gasteiger charge is -2.17. The third-order valence-electron chi connectivity index (χ3n) is 2.22. The molecule has 21 heavy (non-hydrogen) atoms. The van der Waals surface area contributed by atoms with E-state index in [-0.39, 0.29) is 10.6 Å². The van der Waals surface area contributed by atoms with Gasteiger partial charge in [0.25, 0.3) is 5.69 Å². The number of carbonyl (C=O) groups excluding carboxylic acids is 1. The van der Waals surface area contributed by atoms with Crippen LogP contribution < -0.4 is 0 Å². The molecule has 0 unspecified atom stereocenters. The highest BCUT2D eigenvalue weighted by Crippen LogP contribution is 2.36. The topological polar surface area (TPSA) is 69.4 Å². The molecule has 0 N–H and O–H groups in total. The van der Waals surface area contributed by atoms with Crippen LogP contribution in [-0.2, 0) is 16.1 Å². The average molecular weight is 334 g/mol. The molecule has 5 nitrogen and oxygen atoms in total. The van der Waals surface area contributed by atoms with Gasteiger partial charge in [-0.15, -0.1) is 0 Å². The van der Waals surface area contributed by atoms with E-state index in [0.717, 1.165) is 18.2 Å². The maximum Gasteiger partial charge on any atom is 0.465 e. The lowest BCUT2D eigenvalue weighted by Crippen LogP contribution is -2.45. The van der Waals surface area contributed by atoms with E-state index >= 15 is 0 Å². The van der Waals surface area contributed by atoms with Crippen LogP contribution in [0.5, 0.6) is 0 Å². The second-order valence-corrected chi connectivity index (χ2v) is 4.11. The molecule has 0 saturated heterocycles. The lowest BCUT2D eigenvalue weighted by atomic mass is 10.2. The monoisotopic (exact) mass is 333 g/mol. The van der Waals surface area contributed by atoms with Crippen LogP contribution in [0.1, 0.15) is 5.56 Å². The Hall–Kier alpha value is -1.97. The Balaban J connectivity index is 2.90. The molecule has 0 radical (unpaired) electrons. The van der Waals surface area contributed by atoms with Gasteiger partial charge in [-0.05, 0) is 12.1 Å². The molecule has 0 aliphatic carbocycles. The molecule has 0 aliphatic rings. The summed E-state index contributed by atoms with van der Waals surface area (Å²) in [6.07, 6.45) is -6.12. The first-order valence-corrected chi connectivity index (χ1v) is 5.39. The fourth-order valence-electron chi connectivity index (χ4n) is 1.18. The Labute approximate surface area is 118 Å². The largest absolute Gasteiger partial charge is 0.465 e. The van der Waals surface area contributed by atoms with Gasteiger partial charge in [0.15, 0.2) is 0 Å². The predicted molar refractivity (Wildman–Crippen MR) is 58.9 cm³/mol. The zero-order valence-electron chi connectivity index (χ0n) is 9.79. The van der Waals surface area contributed by atoms with Crippen molar-refractivity contribution in [1.29, 1.82) is 0 Å². The fourth-order valence-corrected chi connectivity index (χ4v) is 1.35. The first-order valence-electron chi connectivity index (χ1n) is 5.01. The molecule has 0 bridgehead atoms. The molecule has 0 aromatic heterocycles. The van der Waals surface area contributed by atoms with Gasteiger partial charge in [-0.3, -0.25) is 10.1 Å². The van der Waals surface area contributed by atoms with Crippen molar-refractivity contribution in [3.63, 3.8) is 0 Å². The van der Waals surface area contributed by atoms with Gasteiger partial charge in [0.1, 0.15) is 6.61 Å². The number of hydrogen-bond donors (Lipinski definition) is 0. The number of ether oxygens (including phenoxy) is 1. The number of carbonyl (C=O) groups is 1. The van der Waals surface area contributed by atoms with Gasteiger partial charge in [0, 0.05) is 11.1 Å². The van der Waals surface area contributed by atoms with E-state index in [2.05, 4.69) is 4.74 Å². The van der Waals surface area contributed by atoms with Crippen molar-refractivity contribution < 1.29 is 36.4 Å². The molecule has 1 aromatic carbocycles. The SMILES string of the molecule is O=C(OCc1ccc(Cl)cc1[N+](=O)[O-])C(F)(F)C(F)(F)F. The normalized spacial score (nSPS) is 12.1. The van der Waals surface area contributed by atoms with Crippen LogP contribution in [0.2, 0.25) is 5.02 Å². The lowest BCUT2D eigenvalue weighted by molar-refractivity contribution is -0.385. The summed E-state index contributed by atoms with van der Waals surface area (Å²) in [7, 11) is 0. The number of benzene rings is 1. The Morgan fingerprint density at radius 3 is 2.33 bits per heavy atom. The summed E-state index contributed by atoms with van der Waals surface area (Å²) >= 11 is 5.48. The molecular weight excluding hydrogens is 329 g/mol. The van der Waals surface area contributed by atoms with E-state index in [9.17, 15) is 36.9 Å². The summed E-state index contributed by atoms with van der Waals surface area (Å²) in [5, 5.41) is 10.6. The molecular formula is C10H5ClF5NO4. The summed E-state index contributed by atoms with van der Waals surface area (Å²) in [5.41, 5.74) is -1.05. The number of nitrogens with zero attached hydrogens (tertiary/aromatic N) is 1. The Kier molecular flexibility index (Phi) is 4.72. The predicted octanol–water partition coefficient (Wildman–Crippen LogP) is 3.49. The van der Waals surface area contributed by atoms with Crippen LogP contribution in [0.25, 0.3) is 0 Å². The second kappa shape index (κ2) is 5.80. The summed E-state index contributed by atoms with van der Waals surface area (Å²) in [4.78, 5) is 20.5. The zero-order chi connectivity index (χ0) is 16.4. The molecule has 116 valence electrons. The van der Waals surface area contributed by atoms with Gasteiger partial charge in [0.05, 0.1) is 10.5 Å². The first kappa shape index (κ1) is 17.1. The van der Waals surface area contributed by atoms with Crippen molar-refractivity contribution in [3.8, 4) is 0 Å². The molecule has 0 fully saturated rings. The van der Waals surface area contributed by atoms with Crippen LogP contribution in [0.4, 0.5) is 27.6 Å². The minimum Gasteiger partial charge on any atom is -0.456 e. The third-order valence-corrected chi connectivity index (χ3v) is 2.45. The maximum atomic E-state index is 12.6. The van der Waals surface area contributed by atoms with Crippen LogP contribution in [0, 0.1) is 10.1 Å². The summed E-state index contributed by atoms with van der Waals surface area (Å²) in [6, 6.07) is 2.94. The molecule has 1 rings (SSSR count). The van der Waals surface area contributed by atoms with Crippen molar-refractivity contribution in [2.45, 2.75) is 18.7 Å². The van der Waals surface area contributed by atoms with E-state index in [1.165, 1.54) is 0 Å². The number of nitro benzene ring substituents is 1. The molecule has 0 atom stereocenters. The van der Waals surface area contributed by atoms with Gasteiger partial charge in [-0.2, -0.15) is 22.0 Å². The molecule has 1 aromatic rings. The maximum absolute atomic E-state index is 12.6. The van der Waals surface area contributed by atoms with Crippen LogP contribution in [0.15, 0.2) is 18.2 Å². The Morgan fingerprint density at radius 2 is 1.86 bits per heavy atom. The number of rotatable bonds is 4. The third kappa shape index (κ3) is 3.78. The van der Waals surface area contributed by atoms with E-state index < -0.39 is 35.3 Å². The highest BCUT2D eigenvalue weighted by Gasteiger charge is 2.64. The first-order chi connectivity index (χ1) is 9.46. The minimum absolute atomic E-state index is 0.0580. The molecule has 0 amide bonds. The number of hydrogen-bond acceptors (Lipinski definition) is 4. The van der Waals surface area contributed by atoms with Gasteiger partial charge in [-0.1, -0.05) is 11.6 Å². The van der Waals surface area contributed by atoms with E-state index in [0.29, 0.717) is 0 Å². The van der Waals surface area contributed by atoms with E-state index in [1.54, 1.807) is 0 Å². The average Bonchev–Trinajstić information content (AvgIpc) is 2.35. The fraction of sp³-hybridized carbons (Fsp3) is 0.300. The van der Waals surface area contributed by atoms with Crippen LogP contribution in [-0.4, -0.2) is 23.0 Å². The highest BCUT2D eigenvalue weighted by atomic mass is 35.5. The molecule has 0 saturated carbocycles. The second-order valence-electron chi connectivity index (χ2n) is 3.68. The van der Waals surface area contributed by atoms with E-state index in [1.807, 2.05) is 0 Å². The molecule has 0 heterocycles. The van der Waals surface area contributed by atoms with Crippen molar-refractivity contribution in [2.24, 2.45) is 0 Å². The van der Waals surface area contributed by atoms with Crippen LogP contribution in [0.3, 0.4) is 0 Å². The minimum atomic E-state index is -6.12. The number of nitro groups is 1. The number of halogens is 6. The van der Waals surface area contributed by atoms with Gasteiger partial charge < -0.3 is 4.74 Å². The van der Waals surface area contributed by atoms with Crippen LogP contribution >= 0.6 is 11.6 Å². The molecule has 0 aliphatic heterocycles. The van der Waals surface area contributed by atoms with Crippen molar-refractivity contribution in [2.75, 3.05) is 0 Å². The summed E-state index contributed by atoms with van der Waals surface area (Å²) in [6.45, 7) is -1.13. The quantitative estimate of drug-likeness (QED) is 0.366. The van der Waals surface area contributed by atoms with Gasteiger partial charge >= 0.3 is 18.1 Å². The summed E-state index contributed by atoms with van der Waals surface area (Å²) < 4.78 is 64.7. The zero-order valence-corrected chi connectivity index (χ0v) is 10.5. The van der Waals surface area contributed by atoms with Crippen molar-refractivity contribution in [1.82, 2.24) is 0 Å². The summed E-state index contributed by atoms with van der Waals surface area (Å²) in [5.74, 6) is -8.55. The molecule has 11 heteroatoms. The number of alkyl halides is 5. The van der Waals surface area contributed by atoms with Crippen molar-refractivity contribution >= 4 is 23.3 Å². The number of esters is 1. The standard InChI is InChI=1S/C10H5ClF5NO4/c11-6-2-1-5(7(3-6)17(19)20)4-21-8(18)9(12,13)10(14,15)16/h1-3H,4H2. The van der Waals surface area contributed by atoms with Crippen molar-refractivity contribution in [3.05, 3.63) is 38.9 Å².